The van der Waals surface area contributed by atoms with Crippen molar-refractivity contribution in [2.75, 3.05) is 19.3 Å². The Morgan fingerprint density at radius 2 is 1.97 bits per heavy atom. The van der Waals surface area contributed by atoms with Crippen LogP contribution in [0.1, 0.15) is 30.9 Å². The summed E-state index contributed by atoms with van der Waals surface area (Å²) in [5.41, 5.74) is 2.48. The summed E-state index contributed by atoms with van der Waals surface area (Å²) in [6, 6.07) is 13.9. The number of carbonyl (C=O) groups is 1. The van der Waals surface area contributed by atoms with Crippen LogP contribution in [0.5, 0.6) is 0 Å². The van der Waals surface area contributed by atoms with Crippen LogP contribution in [0.4, 0.5) is 14.9 Å². The zero-order chi connectivity index (χ0) is 20.9. The van der Waals surface area contributed by atoms with Gasteiger partial charge in [-0.15, -0.1) is 0 Å². The third kappa shape index (κ3) is 4.74. The number of oxime groups is 1. The first-order chi connectivity index (χ1) is 14.0. The van der Waals surface area contributed by atoms with Gasteiger partial charge in [0.15, 0.2) is 0 Å². The number of rotatable bonds is 8. The maximum absolute atomic E-state index is 13.1. The Kier molecular flexibility index (Phi) is 6.49. The second-order valence-corrected chi connectivity index (χ2v) is 7.20. The summed E-state index contributed by atoms with van der Waals surface area (Å²) >= 11 is 0. The predicted octanol–water partition coefficient (Wildman–Crippen LogP) is 4.83. The first kappa shape index (κ1) is 20.8. The van der Waals surface area contributed by atoms with E-state index in [2.05, 4.69) is 12.1 Å². The molecule has 0 aliphatic heterocycles. The maximum Gasteiger partial charge on any atom is 0.438 e. The van der Waals surface area contributed by atoms with Gasteiger partial charge in [-0.1, -0.05) is 42.4 Å². The molecule has 1 amide bonds. The average Bonchev–Trinajstić information content (AvgIpc) is 3.40. The number of benzene rings is 2. The van der Waals surface area contributed by atoms with Gasteiger partial charge in [0.05, 0.1) is 19.9 Å². The van der Waals surface area contributed by atoms with Gasteiger partial charge >= 0.3 is 6.09 Å². The van der Waals surface area contributed by atoms with E-state index in [0.29, 0.717) is 11.6 Å². The first-order valence-electron chi connectivity index (χ1n) is 9.39. The van der Waals surface area contributed by atoms with Gasteiger partial charge in [-0.05, 0) is 47.9 Å². The van der Waals surface area contributed by atoms with E-state index in [-0.39, 0.29) is 17.8 Å². The summed E-state index contributed by atoms with van der Waals surface area (Å²) in [4.78, 5) is 22.4. The van der Waals surface area contributed by atoms with Gasteiger partial charge in [0.1, 0.15) is 12.4 Å². The SMILES string of the molecule is COC(=O)N(OC)c1ccccc1CO/N=C/C[C@@H]1C[C@@]1(C)c1ccc(F)cc1. The number of hydrogen-bond acceptors (Lipinski definition) is 5. The van der Waals surface area contributed by atoms with E-state index in [4.69, 9.17) is 14.4 Å². The van der Waals surface area contributed by atoms with Crippen LogP contribution in [0, 0.1) is 11.7 Å². The number of anilines is 1. The Hall–Kier alpha value is -2.93. The number of hydrogen-bond donors (Lipinski definition) is 0. The quantitative estimate of drug-likeness (QED) is 0.470. The maximum atomic E-state index is 13.1. The van der Waals surface area contributed by atoms with Gasteiger partial charge in [0.25, 0.3) is 0 Å². The lowest BCUT2D eigenvalue weighted by Gasteiger charge is -2.20. The minimum absolute atomic E-state index is 0.0613. The van der Waals surface area contributed by atoms with Crippen molar-refractivity contribution < 1.29 is 23.6 Å². The first-order valence-corrected chi connectivity index (χ1v) is 9.39. The fraction of sp³-hybridized carbons (Fsp3) is 0.364. The summed E-state index contributed by atoms with van der Waals surface area (Å²) in [5.74, 6) is 0.236. The Morgan fingerprint density at radius 1 is 1.24 bits per heavy atom. The summed E-state index contributed by atoms with van der Waals surface area (Å²) in [6.45, 7) is 2.37. The molecule has 0 aromatic heterocycles. The molecule has 2 aromatic carbocycles. The number of halogens is 1. The van der Waals surface area contributed by atoms with E-state index in [1.807, 2.05) is 24.3 Å². The zero-order valence-electron chi connectivity index (χ0n) is 16.8. The van der Waals surface area contributed by atoms with Crippen LogP contribution in [0.25, 0.3) is 0 Å². The number of hydroxylamine groups is 1. The number of amides is 1. The molecule has 2 atom stereocenters. The van der Waals surface area contributed by atoms with Crippen LogP contribution in [-0.4, -0.2) is 26.5 Å². The highest BCUT2D eigenvalue weighted by atomic mass is 19.1. The normalized spacial score (nSPS) is 20.5. The molecule has 154 valence electrons. The second kappa shape index (κ2) is 9.05. The number of methoxy groups -OCH3 is 1. The Bertz CT molecular complexity index is 871. The van der Waals surface area contributed by atoms with E-state index in [1.165, 1.54) is 26.4 Å². The van der Waals surface area contributed by atoms with Gasteiger partial charge < -0.3 is 9.57 Å². The Balaban J connectivity index is 1.53. The topological polar surface area (TPSA) is 60.4 Å². The predicted molar refractivity (Wildman–Crippen MR) is 108 cm³/mol. The third-order valence-corrected chi connectivity index (χ3v) is 5.41. The van der Waals surface area contributed by atoms with Crippen molar-refractivity contribution in [3.8, 4) is 0 Å². The number of ether oxygens (including phenoxy) is 1. The van der Waals surface area contributed by atoms with Crippen LogP contribution >= 0.6 is 0 Å². The molecule has 6 nitrogen and oxygen atoms in total. The monoisotopic (exact) mass is 400 g/mol. The molecule has 1 saturated carbocycles. The van der Waals surface area contributed by atoms with E-state index < -0.39 is 6.09 Å². The van der Waals surface area contributed by atoms with Crippen molar-refractivity contribution in [3.63, 3.8) is 0 Å². The van der Waals surface area contributed by atoms with Crippen molar-refractivity contribution in [2.45, 2.75) is 31.8 Å². The highest BCUT2D eigenvalue weighted by Crippen LogP contribution is 2.55. The van der Waals surface area contributed by atoms with Crippen LogP contribution in [-0.2, 0) is 26.4 Å². The molecule has 0 spiro atoms. The van der Waals surface area contributed by atoms with E-state index >= 15 is 0 Å². The van der Waals surface area contributed by atoms with Gasteiger partial charge in [-0.2, -0.15) is 5.06 Å². The van der Waals surface area contributed by atoms with E-state index in [0.717, 1.165) is 29.0 Å². The average molecular weight is 400 g/mol. The lowest BCUT2D eigenvalue weighted by molar-refractivity contribution is 0.111. The van der Waals surface area contributed by atoms with Gasteiger partial charge in [-0.25, -0.2) is 9.18 Å². The molecule has 7 heteroatoms. The zero-order valence-corrected chi connectivity index (χ0v) is 16.8. The summed E-state index contributed by atoms with van der Waals surface area (Å²) < 4.78 is 17.8. The minimum atomic E-state index is -0.628. The standard InChI is InChI=1S/C22H25FN2O4/c1-22(17-8-10-19(23)11-9-17)14-18(22)12-13-24-29-15-16-6-4-5-7-20(16)25(28-3)21(26)27-2/h4-11,13,18H,12,14-15H2,1-3H3/b24-13+/t18-,22+/m1/s1. The Labute approximate surface area is 169 Å². The molecule has 1 aliphatic carbocycles. The molecule has 0 unspecified atom stereocenters. The van der Waals surface area contributed by atoms with Crippen molar-refractivity contribution >= 4 is 18.0 Å². The lowest BCUT2D eigenvalue weighted by atomic mass is 9.95. The molecule has 0 radical (unpaired) electrons. The number of nitrogens with zero attached hydrogens (tertiary/aromatic N) is 2. The molecule has 1 fully saturated rings. The number of carbonyl (C=O) groups excluding carboxylic acids is 1. The van der Waals surface area contributed by atoms with E-state index in [1.54, 1.807) is 18.3 Å². The fourth-order valence-electron chi connectivity index (χ4n) is 3.50. The lowest BCUT2D eigenvalue weighted by Crippen LogP contribution is -2.30. The molecule has 3 rings (SSSR count). The van der Waals surface area contributed by atoms with Crippen molar-refractivity contribution in [1.82, 2.24) is 0 Å². The largest absolute Gasteiger partial charge is 0.451 e. The summed E-state index contributed by atoms with van der Waals surface area (Å²) in [7, 11) is 2.68. The van der Waals surface area contributed by atoms with Crippen LogP contribution in [0.3, 0.4) is 0 Å². The highest BCUT2D eigenvalue weighted by molar-refractivity contribution is 5.86. The highest BCUT2D eigenvalue weighted by Gasteiger charge is 2.50. The second-order valence-electron chi connectivity index (χ2n) is 7.20. The van der Waals surface area contributed by atoms with Crippen LogP contribution in [0.2, 0.25) is 0 Å². The molecule has 0 bridgehead atoms. The van der Waals surface area contributed by atoms with Crippen LogP contribution < -0.4 is 5.06 Å². The minimum Gasteiger partial charge on any atom is -0.451 e. The molecular formula is C22H25FN2O4. The van der Waals surface area contributed by atoms with Crippen LogP contribution in [0.15, 0.2) is 53.7 Å². The van der Waals surface area contributed by atoms with Gasteiger partial charge in [0, 0.05) is 11.8 Å². The molecule has 0 saturated heterocycles. The molecular weight excluding hydrogens is 375 g/mol. The van der Waals surface area contributed by atoms with Crippen molar-refractivity contribution in [2.24, 2.45) is 11.1 Å². The van der Waals surface area contributed by atoms with Gasteiger partial charge in [0.2, 0.25) is 0 Å². The molecule has 0 heterocycles. The molecule has 2 aromatic rings. The number of para-hydroxylation sites is 1. The van der Waals surface area contributed by atoms with E-state index in [9.17, 15) is 9.18 Å². The van der Waals surface area contributed by atoms with Crippen molar-refractivity contribution in [3.05, 3.63) is 65.5 Å². The smallest absolute Gasteiger partial charge is 0.438 e. The van der Waals surface area contributed by atoms with Crippen molar-refractivity contribution in [1.29, 1.82) is 0 Å². The molecule has 0 N–H and O–H groups in total. The molecule has 29 heavy (non-hydrogen) atoms. The summed E-state index contributed by atoms with van der Waals surface area (Å²) in [5, 5.41) is 5.11. The fourth-order valence-corrected chi connectivity index (χ4v) is 3.50. The molecule has 1 aliphatic rings. The third-order valence-electron chi connectivity index (χ3n) is 5.41. The summed E-state index contributed by atoms with van der Waals surface area (Å²) in [6.07, 6.45) is 2.95. The Morgan fingerprint density at radius 3 is 2.66 bits per heavy atom. The van der Waals surface area contributed by atoms with Gasteiger partial charge in [-0.3, -0.25) is 4.84 Å².